The van der Waals surface area contributed by atoms with Gasteiger partial charge in [-0.15, -0.1) is 0 Å². The number of benzene rings is 2. The van der Waals surface area contributed by atoms with E-state index in [4.69, 9.17) is 4.74 Å². The summed E-state index contributed by atoms with van der Waals surface area (Å²) in [7, 11) is 0. The average molecular weight is 330 g/mol. The summed E-state index contributed by atoms with van der Waals surface area (Å²) >= 11 is 0. The van der Waals surface area contributed by atoms with Gasteiger partial charge in [-0.3, -0.25) is 4.79 Å². The lowest BCUT2D eigenvalue weighted by Gasteiger charge is -2.12. The Morgan fingerprint density at radius 2 is 1.88 bits per heavy atom. The van der Waals surface area contributed by atoms with Crippen LogP contribution in [0.1, 0.15) is 22.8 Å². The van der Waals surface area contributed by atoms with Crippen LogP contribution in [-0.4, -0.2) is 25.0 Å². The van der Waals surface area contributed by atoms with Gasteiger partial charge in [0.25, 0.3) is 0 Å². The Kier molecular flexibility index (Phi) is 5.89. The molecule has 2 N–H and O–H groups in total. The summed E-state index contributed by atoms with van der Waals surface area (Å²) < 4.78 is 18.0. The molecule has 0 radical (unpaired) electrons. The van der Waals surface area contributed by atoms with Crippen molar-refractivity contribution in [3.63, 3.8) is 0 Å². The predicted octanol–water partition coefficient (Wildman–Crippen LogP) is 3.36. The van der Waals surface area contributed by atoms with Crippen molar-refractivity contribution in [2.45, 2.75) is 13.8 Å². The van der Waals surface area contributed by atoms with Crippen molar-refractivity contribution < 1.29 is 18.7 Å². The lowest BCUT2D eigenvalue weighted by Crippen LogP contribution is -2.23. The van der Waals surface area contributed by atoms with Gasteiger partial charge in [0.2, 0.25) is 5.91 Å². The van der Waals surface area contributed by atoms with Crippen LogP contribution < -0.4 is 10.6 Å². The number of hydrogen-bond acceptors (Lipinski definition) is 4. The molecule has 0 fully saturated rings. The van der Waals surface area contributed by atoms with Crippen molar-refractivity contribution in [2.75, 3.05) is 23.8 Å². The van der Waals surface area contributed by atoms with Crippen LogP contribution in [0.15, 0.2) is 42.5 Å². The van der Waals surface area contributed by atoms with E-state index in [1.807, 2.05) is 0 Å². The molecule has 126 valence electrons. The summed E-state index contributed by atoms with van der Waals surface area (Å²) in [5.74, 6) is -1.14. The molecular weight excluding hydrogens is 311 g/mol. The third kappa shape index (κ3) is 4.55. The standard InChI is InChI=1S/C18H19FN2O3/c1-3-24-18(23)14-6-4-5-7-16(14)21-17(22)11-20-15-9-8-13(19)10-12(15)2/h4-10,20H,3,11H2,1-2H3,(H,21,22). The molecule has 0 atom stereocenters. The lowest BCUT2D eigenvalue weighted by molar-refractivity contribution is -0.114. The highest BCUT2D eigenvalue weighted by Gasteiger charge is 2.13. The quantitative estimate of drug-likeness (QED) is 0.797. The number of ether oxygens (including phenoxy) is 1. The maximum absolute atomic E-state index is 13.1. The van der Waals surface area contributed by atoms with Crippen LogP contribution in [0, 0.1) is 12.7 Å². The van der Waals surface area contributed by atoms with Crippen LogP contribution in [0.3, 0.4) is 0 Å². The number of carbonyl (C=O) groups is 2. The molecule has 2 aromatic rings. The molecule has 0 aliphatic heterocycles. The van der Waals surface area contributed by atoms with Crippen molar-refractivity contribution in [3.05, 3.63) is 59.4 Å². The van der Waals surface area contributed by atoms with Gasteiger partial charge >= 0.3 is 5.97 Å². The molecule has 0 saturated carbocycles. The summed E-state index contributed by atoms with van der Waals surface area (Å²) in [4.78, 5) is 24.0. The van der Waals surface area contributed by atoms with Gasteiger partial charge < -0.3 is 15.4 Å². The van der Waals surface area contributed by atoms with Gasteiger partial charge in [-0.05, 0) is 49.7 Å². The molecule has 0 aromatic heterocycles. The Hall–Kier alpha value is -2.89. The van der Waals surface area contributed by atoms with Crippen molar-refractivity contribution in [3.8, 4) is 0 Å². The highest BCUT2D eigenvalue weighted by molar-refractivity contribution is 6.02. The van der Waals surface area contributed by atoms with Gasteiger partial charge in [0.1, 0.15) is 5.82 Å². The molecule has 0 saturated heterocycles. The van der Waals surface area contributed by atoms with E-state index in [1.165, 1.54) is 12.1 Å². The van der Waals surface area contributed by atoms with Crippen LogP contribution in [0.4, 0.5) is 15.8 Å². The molecule has 0 heterocycles. The van der Waals surface area contributed by atoms with Crippen LogP contribution in [0.25, 0.3) is 0 Å². The van der Waals surface area contributed by atoms with Crippen LogP contribution in [0.2, 0.25) is 0 Å². The van der Waals surface area contributed by atoms with Crippen molar-refractivity contribution >= 4 is 23.3 Å². The highest BCUT2D eigenvalue weighted by atomic mass is 19.1. The van der Waals surface area contributed by atoms with Crippen LogP contribution in [0.5, 0.6) is 0 Å². The average Bonchev–Trinajstić information content (AvgIpc) is 2.54. The maximum atomic E-state index is 13.1. The molecule has 0 spiro atoms. The van der Waals surface area contributed by atoms with Gasteiger partial charge in [0, 0.05) is 5.69 Å². The Balaban J connectivity index is 2.01. The summed E-state index contributed by atoms with van der Waals surface area (Å²) in [6, 6.07) is 10.9. The minimum atomic E-state index is -0.490. The van der Waals surface area contributed by atoms with Gasteiger partial charge in [-0.25, -0.2) is 9.18 Å². The zero-order valence-corrected chi connectivity index (χ0v) is 13.6. The second-order valence-electron chi connectivity index (χ2n) is 5.13. The van der Waals surface area contributed by atoms with Gasteiger partial charge in [-0.2, -0.15) is 0 Å². The number of esters is 1. The Labute approximate surface area is 139 Å². The monoisotopic (exact) mass is 330 g/mol. The lowest BCUT2D eigenvalue weighted by atomic mass is 10.1. The molecule has 5 nitrogen and oxygen atoms in total. The van der Waals surface area contributed by atoms with E-state index >= 15 is 0 Å². The SMILES string of the molecule is CCOC(=O)c1ccccc1NC(=O)CNc1ccc(F)cc1C. The summed E-state index contributed by atoms with van der Waals surface area (Å²) in [6.07, 6.45) is 0. The largest absolute Gasteiger partial charge is 0.462 e. The Morgan fingerprint density at radius 1 is 1.12 bits per heavy atom. The van der Waals surface area contributed by atoms with E-state index in [2.05, 4.69) is 10.6 Å². The van der Waals surface area contributed by atoms with Crippen molar-refractivity contribution in [1.29, 1.82) is 0 Å². The third-order valence-corrected chi connectivity index (χ3v) is 3.32. The van der Waals surface area contributed by atoms with Crippen LogP contribution in [-0.2, 0) is 9.53 Å². The van der Waals surface area contributed by atoms with Gasteiger partial charge in [0.15, 0.2) is 0 Å². The number of nitrogens with one attached hydrogen (secondary N) is 2. The fraction of sp³-hybridized carbons (Fsp3) is 0.222. The second kappa shape index (κ2) is 8.10. The van der Waals surface area contributed by atoms with Crippen LogP contribution >= 0.6 is 0 Å². The van der Waals surface area contributed by atoms with E-state index in [-0.39, 0.29) is 24.9 Å². The maximum Gasteiger partial charge on any atom is 0.340 e. The molecule has 0 aliphatic rings. The predicted molar refractivity (Wildman–Crippen MR) is 90.7 cm³/mol. The van der Waals surface area contributed by atoms with E-state index in [0.717, 1.165) is 0 Å². The molecule has 0 aliphatic carbocycles. The highest BCUT2D eigenvalue weighted by Crippen LogP contribution is 2.17. The van der Waals surface area contributed by atoms with Gasteiger partial charge in [-0.1, -0.05) is 12.1 Å². The van der Waals surface area contributed by atoms with Gasteiger partial charge in [0.05, 0.1) is 24.4 Å². The number of para-hydroxylation sites is 1. The first-order valence-electron chi connectivity index (χ1n) is 7.57. The van der Waals surface area contributed by atoms with E-state index in [9.17, 15) is 14.0 Å². The number of carbonyl (C=O) groups excluding carboxylic acids is 2. The third-order valence-electron chi connectivity index (χ3n) is 3.32. The number of anilines is 2. The summed E-state index contributed by atoms with van der Waals surface area (Å²) in [5, 5.41) is 5.61. The minimum absolute atomic E-state index is 0.0103. The Bertz CT molecular complexity index is 747. The first kappa shape index (κ1) is 17.5. The molecule has 0 bridgehead atoms. The second-order valence-corrected chi connectivity index (χ2v) is 5.13. The van der Waals surface area contributed by atoms with Crippen molar-refractivity contribution in [1.82, 2.24) is 0 Å². The molecule has 2 aromatic carbocycles. The zero-order valence-electron chi connectivity index (χ0n) is 13.6. The van der Waals surface area contributed by atoms with E-state index in [0.29, 0.717) is 22.5 Å². The minimum Gasteiger partial charge on any atom is -0.462 e. The zero-order chi connectivity index (χ0) is 17.5. The molecule has 24 heavy (non-hydrogen) atoms. The fourth-order valence-electron chi connectivity index (χ4n) is 2.17. The first-order valence-corrected chi connectivity index (χ1v) is 7.57. The number of hydrogen-bond donors (Lipinski definition) is 2. The number of rotatable bonds is 6. The number of amides is 1. The molecule has 0 unspecified atom stereocenters. The van der Waals surface area contributed by atoms with E-state index in [1.54, 1.807) is 44.2 Å². The topological polar surface area (TPSA) is 67.4 Å². The number of aryl methyl sites for hydroxylation is 1. The summed E-state index contributed by atoms with van der Waals surface area (Å²) in [5.41, 5.74) is 2.06. The number of halogens is 1. The fourth-order valence-corrected chi connectivity index (χ4v) is 2.17. The first-order chi connectivity index (χ1) is 11.5. The normalized spacial score (nSPS) is 10.1. The molecular formula is C18H19FN2O3. The smallest absolute Gasteiger partial charge is 0.340 e. The molecule has 6 heteroatoms. The molecule has 2 rings (SSSR count). The van der Waals surface area contributed by atoms with E-state index < -0.39 is 5.97 Å². The molecule has 1 amide bonds. The van der Waals surface area contributed by atoms with Crippen molar-refractivity contribution in [2.24, 2.45) is 0 Å². The Morgan fingerprint density at radius 3 is 2.58 bits per heavy atom. The summed E-state index contributed by atoms with van der Waals surface area (Å²) in [6.45, 7) is 3.71.